The van der Waals surface area contributed by atoms with Gasteiger partial charge in [0.05, 0.1) is 0 Å². The summed E-state index contributed by atoms with van der Waals surface area (Å²) in [5.41, 5.74) is 1.91. The van der Waals surface area contributed by atoms with Gasteiger partial charge >= 0.3 is 156 Å². The number of benzene rings is 2. The van der Waals surface area contributed by atoms with Crippen molar-refractivity contribution in [1.29, 1.82) is 10.5 Å². The van der Waals surface area contributed by atoms with Gasteiger partial charge in [-0.2, -0.15) is 0 Å². The topological polar surface area (TPSA) is 97.0 Å². The molecule has 0 amide bonds. The summed E-state index contributed by atoms with van der Waals surface area (Å²) < 4.78 is 1.92. The van der Waals surface area contributed by atoms with E-state index in [0.29, 0.717) is 26.7 Å². The fraction of sp³-hybridized carbons (Fsp3) is 0.182. The average molecular weight is 474 g/mol. The van der Waals surface area contributed by atoms with Crippen molar-refractivity contribution in [2.45, 2.75) is 24.5 Å². The standard InChI is InChI=1S/C22H19AsN6S/c1-16(6-5-13-24)23-18-9-11-20(12-10-18)27-29-22-17(15-25)14-21(30-22)28-26-19-7-3-2-4-8-19/h2-4,7-12,14,16,23H,5-6H2,1H3. The molecule has 8 heteroatoms. The second-order valence-electron chi connectivity index (χ2n) is 6.44. The first-order chi connectivity index (χ1) is 14.7. The molecule has 3 aromatic rings. The Morgan fingerprint density at radius 3 is 2.33 bits per heavy atom. The van der Waals surface area contributed by atoms with Gasteiger partial charge in [0, 0.05) is 0 Å². The molecule has 0 aliphatic rings. The van der Waals surface area contributed by atoms with Gasteiger partial charge in [-0.25, -0.2) is 0 Å². The molecule has 0 aliphatic heterocycles. The Kier molecular flexibility index (Phi) is 8.03. The SMILES string of the molecule is CC(CCC#N)[AsH]c1ccc(N=Nc2sc(N=Nc3ccccc3)cc2C#N)cc1. The maximum atomic E-state index is 9.36. The van der Waals surface area contributed by atoms with Crippen molar-refractivity contribution in [2.24, 2.45) is 20.5 Å². The minimum absolute atomic E-state index is 0.276. The van der Waals surface area contributed by atoms with Crippen molar-refractivity contribution >= 4 is 52.8 Å². The molecule has 3 rings (SSSR count). The predicted molar refractivity (Wildman–Crippen MR) is 121 cm³/mol. The molecule has 30 heavy (non-hydrogen) atoms. The van der Waals surface area contributed by atoms with E-state index in [1.54, 1.807) is 6.07 Å². The zero-order chi connectivity index (χ0) is 21.2. The van der Waals surface area contributed by atoms with E-state index in [4.69, 9.17) is 5.26 Å². The zero-order valence-corrected chi connectivity index (χ0v) is 19.3. The van der Waals surface area contributed by atoms with Crippen LogP contribution in [0.4, 0.5) is 21.4 Å². The Morgan fingerprint density at radius 2 is 1.63 bits per heavy atom. The van der Waals surface area contributed by atoms with E-state index in [9.17, 15) is 5.26 Å². The summed E-state index contributed by atoms with van der Waals surface area (Å²) in [5, 5.41) is 36.1. The van der Waals surface area contributed by atoms with Crippen molar-refractivity contribution in [1.82, 2.24) is 0 Å². The summed E-state index contributed by atoms with van der Waals surface area (Å²) >= 11 is 1.00. The molecular formula is C22H19AsN6S. The molecule has 0 fully saturated rings. The van der Waals surface area contributed by atoms with Crippen molar-refractivity contribution in [3.05, 3.63) is 66.2 Å². The van der Waals surface area contributed by atoms with Crippen LogP contribution >= 0.6 is 11.3 Å². The van der Waals surface area contributed by atoms with E-state index in [2.05, 4.69) is 51.7 Å². The van der Waals surface area contributed by atoms with E-state index in [1.165, 1.54) is 15.7 Å². The molecule has 0 spiro atoms. The Balaban J connectivity index is 1.67. The van der Waals surface area contributed by atoms with Gasteiger partial charge in [-0.1, -0.05) is 18.2 Å². The first-order valence-corrected chi connectivity index (χ1v) is 12.4. The number of thiophene rings is 1. The number of nitrogens with zero attached hydrogens (tertiary/aromatic N) is 6. The number of azo groups is 2. The van der Waals surface area contributed by atoms with Crippen LogP contribution in [-0.4, -0.2) is 15.8 Å². The van der Waals surface area contributed by atoms with Crippen molar-refractivity contribution in [3.63, 3.8) is 0 Å². The maximum absolute atomic E-state index is 9.36. The molecule has 2 atom stereocenters. The molecule has 2 unspecified atom stereocenters. The van der Waals surface area contributed by atoms with Crippen LogP contribution in [0.15, 0.2) is 81.1 Å². The van der Waals surface area contributed by atoms with Crippen LogP contribution in [0.1, 0.15) is 25.3 Å². The number of nitriles is 2. The Labute approximate surface area is 186 Å². The third-order valence-corrected chi connectivity index (χ3v) is 8.01. The second-order valence-corrected chi connectivity index (χ2v) is 11.3. The van der Waals surface area contributed by atoms with Gasteiger partial charge in [0.1, 0.15) is 0 Å². The Bertz CT molecular complexity index is 1110. The normalized spacial score (nSPS) is 12.5. The third kappa shape index (κ3) is 6.45. The first-order valence-electron chi connectivity index (χ1n) is 9.34. The van der Waals surface area contributed by atoms with Crippen LogP contribution in [0.2, 0.25) is 4.71 Å². The monoisotopic (exact) mass is 474 g/mol. The van der Waals surface area contributed by atoms with Crippen molar-refractivity contribution in [2.75, 3.05) is 0 Å². The molecule has 6 nitrogen and oxygen atoms in total. The summed E-state index contributed by atoms with van der Waals surface area (Å²) in [6.45, 7) is 2.21. The van der Waals surface area contributed by atoms with Crippen LogP contribution in [0.25, 0.3) is 0 Å². The van der Waals surface area contributed by atoms with E-state index in [0.717, 1.165) is 17.8 Å². The molecule has 0 saturated heterocycles. The average Bonchev–Trinajstić information content (AvgIpc) is 3.19. The first kappa shape index (κ1) is 21.6. The fourth-order valence-electron chi connectivity index (χ4n) is 2.54. The van der Waals surface area contributed by atoms with Crippen LogP contribution < -0.4 is 4.35 Å². The molecule has 0 N–H and O–H groups in total. The molecule has 1 heterocycles. The molecule has 148 valence electrons. The molecule has 0 saturated carbocycles. The Morgan fingerprint density at radius 1 is 0.933 bits per heavy atom. The molecule has 0 aliphatic carbocycles. The summed E-state index contributed by atoms with van der Waals surface area (Å²) in [7, 11) is 0. The van der Waals surface area contributed by atoms with Crippen LogP contribution in [-0.2, 0) is 0 Å². The Hall–Kier alpha value is -3.12. The quantitative estimate of drug-likeness (QED) is 0.271. The molecule has 0 bridgehead atoms. The molecular weight excluding hydrogens is 455 g/mol. The van der Waals surface area contributed by atoms with E-state index in [1.807, 2.05) is 42.5 Å². The number of rotatable bonds is 8. The van der Waals surface area contributed by atoms with Gasteiger partial charge in [0.25, 0.3) is 0 Å². The summed E-state index contributed by atoms with van der Waals surface area (Å²) in [4.78, 5) is 0. The van der Waals surface area contributed by atoms with Gasteiger partial charge in [0.2, 0.25) is 0 Å². The van der Waals surface area contributed by atoms with Gasteiger partial charge in [0.15, 0.2) is 0 Å². The molecule has 2 aromatic carbocycles. The second kappa shape index (κ2) is 11.2. The van der Waals surface area contributed by atoms with E-state index >= 15 is 0 Å². The summed E-state index contributed by atoms with van der Waals surface area (Å²) in [6, 6.07) is 23.5. The number of hydrogen-bond acceptors (Lipinski definition) is 7. The van der Waals surface area contributed by atoms with Gasteiger partial charge in [-0.15, -0.1) is 0 Å². The van der Waals surface area contributed by atoms with Gasteiger partial charge < -0.3 is 0 Å². The van der Waals surface area contributed by atoms with Crippen LogP contribution in [0, 0.1) is 22.7 Å². The third-order valence-electron chi connectivity index (χ3n) is 4.07. The van der Waals surface area contributed by atoms with Gasteiger partial charge in [-0.3, -0.25) is 0 Å². The van der Waals surface area contributed by atoms with Crippen LogP contribution in [0.3, 0.4) is 0 Å². The van der Waals surface area contributed by atoms with Crippen molar-refractivity contribution in [3.8, 4) is 12.1 Å². The van der Waals surface area contributed by atoms with E-state index < -0.39 is 0 Å². The number of hydrogen-bond donors (Lipinski definition) is 0. The molecule has 1 aromatic heterocycles. The summed E-state index contributed by atoms with van der Waals surface area (Å²) in [5.74, 6) is 0. The summed E-state index contributed by atoms with van der Waals surface area (Å²) in [6.07, 6.45) is 1.57. The van der Waals surface area contributed by atoms with Crippen molar-refractivity contribution < 1.29 is 0 Å². The van der Waals surface area contributed by atoms with E-state index in [-0.39, 0.29) is 15.8 Å². The predicted octanol–water partition coefficient (Wildman–Crippen LogP) is 6.62. The van der Waals surface area contributed by atoms with Crippen LogP contribution in [0.5, 0.6) is 0 Å². The van der Waals surface area contributed by atoms with Gasteiger partial charge in [-0.05, 0) is 12.1 Å². The fourth-order valence-corrected chi connectivity index (χ4v) is 5.84. The zero-order valence-electron chi connectivity index (χ0n) is 16.4. The molecule has 0 radical (unpaired) electrons. The minimum atomic E-state index is -0.276.